The van der Waals surface area contributed by atoms with Gasteiger partial charge in [0.2, 0.25) is 0 Å². The zero-order valence-corrected chi connectivity index (χ0v) is 38.9. The van der Waals surface area contributed by atoms with Gasteiger partial charge in [0.05, 0.1) is 0 Å². The molecule has 0 spiro atoms. The first kappa shape index (κ1) is 56.8. The molecule has 0 fully saturated rings. The number of carbonyl (C=O) groups excluding carboxylic acids is 3. The van der Waals surface area contributed by atoms with Gasteiger partial charge in [-0.1, -0.05) is 174 Å². The van der Waals surface area contributed by atoms with E-state index in [-0.39, 0.29) is 44.0 Å². The molecule has 1 atom stereocenters. The van der Waals surface area contributed by atoms with Crippen LogP contribution in [0.5, 0.6) is 0 Å². The standard InChI is InChI=1S/C55H86O6/c1-4-7-10-13-16-19-22-24-26-28-30-31-33-36-39-42-45-48-54(57)60-51-52(50-59-53(56)47-44-41-38-35-21-18-15-12-9-6-3)61-55(58)49-46-43-40-37-34-32-29-27-25-23-20-17-14-11-8-5-2/h7-8,10-11,15-20,24-27,30-32,34,36,39,52H,4-6,9,12-14,21-23,28-29,33,35,37-38,40-51H2,1-3H3/b10-7-,11-8-,18-15-,19-16-,20-17-,26-24-,27-25-,31-30-,34-32-,39-36-. The van der Waals surface area contributed by atoms with Crippen LogP contribution in [-0.4, -0.2) is 37.2 Å². The van der Waals surface area contributed by atoms with Gasteiger partial charge in [0.25, 0.3) is 0 Å². The summed E-state index contributed by atoms with van der Waals surface area (Å²) in [6.45, 7) is 6.25. The van der Waals surface area contributed by atoms with Crippen LogP contribution in [0.25, 0.3) is 0 Å². The van der Waals surface area contributed by atoms with Gasteiger partial charge in [-0.05, 0) is 116 Å². The topological polar surface area (TPSA) is 78.9 Å². The van der Waals surface area contributed by atoms with Gasteiger partial charge in [-0.2, -0.15) is 0 Å². The van der Waals surface area contributed by atoms with Crippen LogP contribution in [0, 0.1) is 0 Å². The van der Waals surface area contributed by atoms with Gasteiger partial charge in [-0.3, -0.25) is 14.4 Å². The van der Waals surface area contributed by atoms with Crippen LogP contribution in [0.4, 0.5) is 0 Å². The first-order valence-electron chi connectivity index (χ1n) is 24.0. The summed E-state index contributed by atoms with van der Waals surface area (Å²) in [5, 5.41) is 0. The van der Waals surface area contributed by atoms with Crippen molar-refractivity contribution in [1.82, 2.24) is 0 Å². The molecule has 0 aliphatic heterocycles. The lowest BCUT2D eigenvalue weighted by Gasteiger charge is -2.18. The highest BCUT2D eigenvalue weighted by atomic mass is 16.6. The van der Waals surface area contributed by atoms with E-state index in [1.54, 1.807) is 0 Å². The number of hydrogen-bond donors (Lipinski definition) is 0. The number of esters is 3. The average molecular weight is 843 g/mol. The average Bonchev–Trinajstić information content (AvgIpc) is 3.26. The molecule has 342 valence electrons. The molecule has 0 aromatic rings. The highest BCUT2D eigenvalue weighted by Crippen LogP contribution is 2.11. The maximum absolute atomic E-state index is 12.7. The van der Waals surface area contributed by atoms with Crippen LogP contribution in [0.15, 0.2) is 122 Å². The zero-order chi connectivity index (χ0) is 44.4. The molecule has 0 saturated carbocycles. The number of rotatable bonds is 41. The van der Waals surface area contributed by atoms with Crippen molar-refractivity contribution >= 4 is 17.9 Å². The first-order chi connectivity index (χ1) is 30.0. The van der Waals surface area contributed by atoms with Crippen LogP contribution in [0.2, 0.25) is 0 Å². The van der Waals surface area contributed by atoms with Gasteiger partial charge in [0.1, 0.15) is 13.2 Å². The van der Waals surface area contributed by atoms with E-state index < -0.39 is 6.10 Å². The van der Waals surface area contributed by atoms with Crippen LogP contribution >= 0.6 is 0 Å². The van der Waals surface area contributed by atoms with Crippen molar-refractivity contribution in [2.24, 2.45) is 0 Å². The quantitative estimate of drug-likeness (QED) is 0.0264. The number of unbranched alkanes of at least 4 members (excludes halogenated alkanes) is 10. The number of carbonyl (C=O) groups is 3. The minimum atomic E-state index is -0.824. The Kier molecular flexibility index (Phi) is 45.1. The molecule has 0 N–H and O–H groups in total. The van der Waals surface area contributed by atoms with Gasteiger partial charge in [0.15, 0.2) is 6.10 Å². The third-order valence-corrected chi connectivity index (χ3v) is 9.43. The molecule has 0 aliphatic carbocycles. The molecular weight excluding hydrogens is 757 g/mol. The molecule has 1 unspecified atom stereocenters. The lowest BCUT2D eigenvalue weighted by molar-refractivity contribution is -0.167. The zero-order valence-electron chi connectivity index (χ0n) is 38.9. The predicted molar refractivity (Wildman–Crippen MR) is 260 cm³/mol. The summed E-state index contributed by atoms with van der Waals surface area (Å²) in [6.07, 6.45) is 66.2. The Morgan fingerprint density at radius 2 is 0.656 bits per heavy atom. The molecule has 6 heteroatoms. The van der Waals surface area contributed by atoms with Crippen LogP contribution in [0.1, 0.15) is 188 Å². The maximum Gasteiger partial charge on any atom is 0.306 e. The number of hydrogen-bond acceptors (Lipinski definition) is 6. The molecule has 0 aromatic heterocycles. The van der Waals surface area contributed by atoms with Gasteiger partial charge in [0, 0.05) is 19.3 Å². The SMILES string of the molecule is CC/C=C\C/C=C\C/C=C\C/C=C\C/C=C\CCCC(=O)OCC(COC(=O)CCCCCC/C=C\CCCC)OC(=O)CCCCC/C=C\C/C=C\C/C=C\C/C=C\CC. The molecule has 6 nitrogen and oxygen atoms in total. The Hall–Kier alpha value is -4.19. The van der Waals surface area contributed by atoms with Gasteiger partial charge in [-0.25, -0.2) is 0 Å². The molecule has 0 aliphatic rings. The van der Waals surface area contributed by atoms with Gasteiger partial charge < -0.3 is 14.2 Å². The predicted octanol–water partition coefficient (Wildman–Crippen LogP) is 15.7. The van der Waals surface area contributed by atoms with Crippen molar-refractivity contribution in [3.05, 3.63) is 122 Å². The molecular formula is C55H86O6. The fourth-order valence-corrected chi connectivity index (χ4v) is 5.86. The summed E-state index contributed by atoms with van der Waals surface area (Å²) in [6, 6.07) is 0. The summed E-state index contributed by atoms with van der Waals surface area (Å²) < 4.78 is 16.6. The highest BCUT2D eigenvalue weighted by molar-refractivity contribution is 5.71. The second-order valence-corrected chi connectivity index (χ2v) is 15.2. The lowest BCUT2D eigenvalue weighted by Crippen LogP contribution is -2.30. The summed E-state index contributed by atoms with van der Waals surface area (Å²) >= 11 is 0. The van der Waals surface area contributed by atoms with E-state index in [1.807, 2.05) is 0 Å². The van der Waals surface area contributed by atoms with E-state index in [1.165, 1.54) is 12.8 Å². The van der Waals surface area contributed by atoms with E-state index in [0.29, 0.717) is 19.3 Å². The van der Waals surface area contributed by atoms with E-state index in [2.05, 4.69) is 142 Å². The Balaban J connectivity index is 4.56. The Bertz CT molecular complexity index is 1340. The summed E-state index contributed by atoms with van der Waals surface area (Å²) in [5.41, 5.74) is 0. The maximum atomic E-state index is 12.7. The molecule has 0 aromatic carbocycles. The van der Waals surface area contributed by atoms with E-state index in [0.717, 1.165) is 122 Å². The molecule has 0 bridgehead atoms. The van der Waals surface area contributed by atoms with Crippen molar-refractivity contribution in [1.29, 1.82) is 0 Å². The fraction of sp³-hybridized carbons (Fsp3) is 0.582. The van der Waals surface area contributed by atoms with Crippen molar-refractivity contribution in [2.75, 3.05) is 13.2 Å². The van der Waals surface area contributed by atoms with E-state index >= 15 is 0 Å². The number of ether oxygens (including phenoxy) is 3. The Labute approximate surface area is 373 Å². The monoisotopic (exact) mass is 843 g/mol. The molecule has 0 heterocycles. The number of allylic oxidation sites excluding steroid dienone is 20. The highest BCUT2D eigenvalue weighted by Gasteiger charge is 2.19. The summed E-state index contributed by atoms with van der Waals surface area (Å²) in [7, 11) is 0. The largest absolute Gasteiger partial charge is 0.462 e. The molecule has 61 heavy (non-hydrogen) atoms. The van der Waals surface area contributed by atoms with Gasteiger partial charge in [-0.15, -0.1) is 0 Å². The summed E-state index contributed by atoms with van der Waals surface area (Å²) in [4.78, 5) is 37.8. The molecule has 0 amide bonds. The first-order valence-corrected chi connectivity index (χ1v) is 24.0. The van der Waals surface area contributed by atoms with Crippen molar-refractivity contribution in [3.8, 4) is 0 Å². The third kappa shape index (κ3) is 46.7. The minimum absolute atomic E-state index is 0.119. The Morgan fingerprint density at radius 1 is 0.344 bits per heavy atom. The molecule has 0 saturated heterocycles. The van der Waals surface area contributed by atoms with Crippen molar-refractivity contribution in [2.45, 2.75) is 194 Å². The summed E-state index contributed by atoms with van der Waals surface area (Å²) in [5.74, 6) is -1.04. The van der Waals surface area contributed by atoms with Crippen LogP contribution < -0.4 is 0 Å². The van der Waals surface area contributed by atoms with Crippen molar-refractivity contribution in [3.63, 3.8) is 0 Å². The Morgan fingerprint density at radius 3 is 1.08 bits per heavy atom. The normalized spacial score (nSPS) is 13.2. The fourth-order valence-electron chi connectivity index (χ4n) is 5.86. The van der Waals surface area contributed by atoms with Crippen LogP contribution in [-0.2, 0) is 28.6 Å². The second kappa shape index (κ2) is 48.5. The van der Waals surface area contributed by atoms with E-state index in [4.69, 9.17) is 14.2 Å². The molecule has 0 radical (unpaired) electrons. The third-order valence-electron chi connectivity index (χ3n) is 9.43. The second-order valence-electron chi connectivity index (χ2n) is 15.2. The lowest BCUT2D eigenvalue weighted by atomic mass is 10.1. The van der Waals surface area contributed by atoms with E-state index in [9.17, 15) is 14.4 Å². The van der Waals surface area contributed by atoms with Gasteiger partial charge >= 0.3 is 17.9 Å². The minimum Gasteiger partial charge on any atom is -0.462 e. The van der Waals surface area contributed by atoms with Crippen LogP contribution in [0.3, 0.4) is 0 Å². The van der Waals surface area contributed by atoms with Crippen molar-refractivity contribution < 1.29 is 28.6 Å². The smallest absolute Gasteiger partial charge is 0.306 e. The molecule has 0 rings (SSSR count).